The number of halogens is 2. The van der Waals surface area contributed by atoms with E-state index >= 15 is 0 Å². The van der Waals surface area contributed by atoms with Crippen LogP contribution in [-0.2, 0) is 13.5 Å². The number of aromatic nitrogens is 2. The van der Waals surface area contributed by atoms with Crippen molar-refractivity contribution in [2.45, 2.75) is 6.42 Å². The van der Waals surface area contributed by atoms with Crippen molar-refractivity contribution >= 4 is 28.4 Å². The van der Waals surface area contributed by atoms with E-state index in [9.17, 15) is 14.0 Å². The summed E-state index contributed by atoms with van der Waals surface area (Å²) in [5.41, 5.74) is 0.493. The number of hydrogen-bond donors (Lipinski definition) is 1. The van der Waals surface area contributed by atoms with Gasteiger partial charge in [0.2, 0.25) is 5.43 Å². The van der Waals surface area contributed by atoms with Crippen molar-refractivity contribution in [2.24, 2.45) is 7.05 Å². The predicted molar refractivity (Wildman–Crippen MR) is 94.4 cm³/mol. The minimum Gasteiger partial charge on any atom is -0.350 e. The Labute approximate surface area is 148 Å². The van der Waals surface area contributed by atoms with Gasteiger partial charge in [-0.25, -0.2) is 4.39 Å². The number of benzene rings is 2. The van der Waals surface area contributed by atoms with Crippen molar-refractivity contribution in [1.82, 2.24) is 15.1 Å². The number of fused-ring (bicyclic) bond motifs is 1. The summed E-state index contributed by atoms with van der Waals surface area (Å²) in [6.45, 7) is 0.300. The molecule has 5 nitrogen and oxygen atoms in total. The van der Waals surface area contributed by atoms with Gasteiger partial charge in [-0.1, -0.05) is 29.8 Å². The van der Waals surface area contributed by atoms with Crippen LogP contribution >= 0.6 is 11.6 Å². The second-order valence-electron chi connectivity index (χ2n) is 5.56. The monoisotopic (exact) mass is 359 g/mol. The van der Waals surface area contributed by atoms with Gasteiger partial charge in [0.1, 0.15) is 5.82 Å². The standard InChI is InChI=1S/C18H15ClFN3O2/c1-23-15-7-6-12(20)10-13(15)17(24)16(22-23)18(25)21-9-8-11-4-2-3-5-14(11)19/h2-7,10H,8-9H2,1H3,(H,21,25). The molecule has 0 saturated carbocycles. The zero-order valence-corrected chi connectivity index (χ0v) is 14.2. The van der Waals surface area contributed by atoms with Crippen molar-refractivity contribution in [3.05, 3.63) is 74.8 Å². The fraction of sp³-hybridized carbons (Fsp3) is 0.167. The number of nitrogens with one attached hydrogen (secondary N) is 1. The van der Waals surface area contributed by atoms with E-state index in [-0.39, 0.29) is 11.1 Å². The Kier molecular flexibility index (Phi) is 4.81. The summed E-state index contributed by atoms with van der Waals surface area (Å²) in [6, 6.07) is 11.1. The van der Waals surface area contributed by atoms with E-state index in [1.54, 1.807) is 13.1 Å². The molecular formula is C18H15ClFN3O2. The lowest BCUT2D eigenvalue weighted by atomic mass is 10.1. The van der Waals surface area contributed by atoms with E-state index in [1.807, 2.05) is 18.2 Å². The van der Waals surface area contributed by atoms with Crippen molar-refractivity contribution in [1.29, 1.82) is 0 Å². The molecule has 1 N–H and O–H groups in total. The van der Waals surface area contributed by atoms with Crippen LogP contribution in [0.25, 0.3) is 10.9 Å². The molecule has 0 bridgehead atoms. The average Bonchev–Trinajstić information content (AvgIpc) is 2.59. The smallest absolute Gasteiger partial charge is 0.275 e. The number of nitrogens with zero attached hydrogens (tertiary/aromatic N) is 2. The summed E-state index contributed by atoms with van der Waals surface area (Å²) in [7, 11) is 1.60. The van der Waals surface area contributed by atoms with Gasteiger partial charge in [-0.2, -0.15) is 5.10 Å². The lowest BCUT2D eigenvalue weighted by molar-refractivity contribution is 0.0946. The van der Waals surface area contributed by atoms with E-state index in [0.29, 0.717) is 23.5 Å². The molecule has 128 valence electrons. The first-order valence-corrected chi connectivity index (χ1v) is 8.03. The van der Waals surface area contributed by atoms with Gasteiger partial charge >= 0.3 is 0 Å². The van der Waals surface area contributed by atoms with Crippen LogP contribution in [-0.4, -0.2) is 22.2 Å². The summed E-state index contributed by atoms with van der Waals surface area (Å²) < 4.78 is 14.8. The second-order valence-corrected chi connectivity index (χ2v) is 5.97. The van der Waals surface area contributed by atoms with E-state index in [2.05, 4.69) is 10.4 Å². The molecular weight excluding hydrogens is 345 g/mol. The molecule has 0 radical (unpaired) electrons. The second kappa shape index (κ2) is 7.03. The van der Waals surface area contributed by atoms with Gasteiger partial charge in [0, 0.05) is 18.6 Å². The highest BCUT2D eigenvalue weighted by atomic mass is 35.5. The number of rotatable bonds is 4. The molecule has 1 amide bonds. The molecule has 1 heterocycles. The van der Waals surface area contributed by atoms with Crippen LogP contribution in [0.1, 0.15) is 16.1 Å². The molecule has 2 aromatic carbocycles. The molecule has 0 fully saturated rings. The molecule has 0 aliphatic rings. The zero-order valence-electron chi connectivity index (χ0n) is 13.4. The highest BCUT2D eigenvalue weighted by Crippen LogP contribution is 2.15. The zero-order chi connectivity index (χ0) is 18.0. The third-order valence-corrected chi connectivity index (χ3v) is 4.24. The highest BCUT2D eigenvalue weighted by molar-refractivity contribution is 6.31. The Morgan fingerprint density at radius 2 is 2.04 bits per heavy atom. The Morgan fingerprint density at radius 1 is 1.28 bits per heavy atom. The first-order valence-electron chi connectivity index (χ1n) is 7.65. The van der Waals surface area contributed by atoms with Crippen molar-refractivity contribution in [3.63, 3.8) is 0 Å². The highest BCUT2D eigenvalue weighted by Gasteiger charge is 2.16. The van der Waals surface area contributed by atoms with Gasteiger partial charge in [-0.05, 0) is 36.2 Å². The van der Waals surface area contributed by atoms with Crippen LogP contribution in [0.4, 0.5) is 4.39 Å². The number of hydrogen-bond acceptors (Lipinski definition) is 3. The lowest BCUT2D eigenvalue weighted by Crippen LogP contribution is -2.33. The maximum absolute atomic E-state index is 13.4. The van der Waals surface area contributed by atoms with Crippen LogP contribution in [0.3, 0.4) is 0 Å². The normalized spacial score (nSPS) is 10.8. The molecule has 0 saturated heterocycles. The minimum absolute atomic E-state index is 0.119. The molecule has 7 heteroatoms. The first kappa shape index (κ1) is 17.1. The van der Waals surface area contributed by atoms with Crippen molar-refractivity contribution in [2.75, 3.05) is 6.54 Å². The number of carbonyl (C=O) groups is 1. The Morgan fingerprint density at radius 3 is 2.80 bits per heavy atom. The maximum atomic E-state index is 13.4. The summed E-state index contributed by atoms with van der Waals surface area (Å²) in [5.74, 6) is -1.14. The van der Waals surface area contributed by atoms with Crippen molar-refractivity contribution < 1.29 is 9.18 Å². The van der Waals surface area contributed by atoms with Crippen LogP contribution in [0.2, 0.25) is 5.02 Å². The molecule has 0 atom stereocenters. The quantitative estimate of drug-likeness (QED) is 0.779. The average molecular weight is 360 g/mol. The third kappa shape index (κ3) is 3.53. The van der Waals surface area contributed by atoms with Gasteiger partial charge < -0.3 is 5.32 Å². The lowest BCUT2D eigenvalue weighted by Gasteiger charge is -2.09. The van der Waals surface area contributed by atoms with Gasteiger partial charge in [0.05, 0.1) is 10.9 Å². The summed E-state index contributed by atoms with van der Waals surface area (Å²) in [5, 5.41) is 7.41. The van der Waals surface area contributed by atoms with Crippen LogP contribution in [0.5, 0.6) is 0 Å². The van der Waals surface area contributed by atoms with Gasteiger partial charge in [0.25, 0.3) is 5.91 Å². The number of carbonyl (C=O) groups excluding carboxylic acids is 1. The Bertz CT molecular complexity index is 1020. The van der Waals surface area contributed by atoms with E-state index in [4.69, 9.17) is 11.6 Å². The van der Waals surface area contributed by atoms with Gasteiger partial charge in [0.15, 0.2) is 5.69 Å². The first-order chi connectivity index (χ1) is 12.0. The summed E-state index contributed by atoms with van der Waals surface area (Å²) in [6.07, 6.45) is 0.522. The van der Waals surface area contributed by atoms with Gasteiger partial charge in [-0.15, -0.1) is 0 Å². The van der Waals surface area contributed by atoms with Crippen LogP contribution < -0.4 is 10.7 Å². The van der Waals surface area contributed by atoms with E-state index in [1.165, 1.54) is 16.8 Å². The van der Waals surface area contributed by atoms with E-state index in [0.717, 1.165) is 11.6 Å². The molecule has 0 aliphatic carbocycles. The summed E-state index contributed by atoms with van der Waals surface area (Å²) >= 11 is 6.07. The largest absolute Gasteiger partial charge is 0.350 e. The fourth-order valence-electron chi connectivity index (χ4n) is 2.59. The van der Waals surface area contributed by atoms with Crippen LogP contribution in [0, 0.1) is 5.82 Å². The maximum Gasteiger partial charge on any atom is 0.275 e. The third-order valence-electron chi connectivity index (χ3n) is 3.87. The minimum atomic E-state index is -0.598. The molecule has 3 rings (SSSR count). The Balaban J connectivity index is 1.82. The topological polar surface area (TPSA) is 64.0 Å². The Hall–Kier alpha value is -2.73. The molecule has 3 aromatic rings. The molecule has 0 aliphatic heterocycles. The van der Waals surface area contributed by atoms with Gasteiger partial charge in [-0.3, -0.25) is 14.3 Å². The predicted octanol–water partition coefficient (Wildman–Crippen LogP) is 2.70. The number of aryl methyl sites for hydroxylation is 1. The molecule has 25 heavy (non-hydrogen) atoms. The summed E-state index contributed by atoms with van der Waals surface area (Å²) in [4.78, 5) is 24.7. The molecule has 1 aromatic heterocycles. The number of amides is 1. The molecule has 0 unspecified atom stereocenters. The van der Waals surface area contributed by atoms with Crippen LogP contribution in [0.15, 0.2) is 47.3 Å². The van der Waals surface area contributed by atoms with E-state index < -0.39 is 17.2 Å². The van der Waals surface area contributed by atoms with Crippen molar-refractivity contribution in [3.8, 4) is 0 Å². The molecule has 0 spiro atoms. The SMILES string of the molecule is Cn1nc(C(=O)NCCc2ccccc2Cl)c(=O)c2cc(F)ccc21. The fourth-order valence-corrected chi connectivity index (χ4v) is 2.82.